The standard InChI is InChI=1S/C30H31F5N2O3/c31-29(32,33)18-3-1-2-4-21-5-11-24(12-6-21)30(34,35)40-26-14-7-22(8-15-26)9-16-28(38)39-19-17-23-10-13-25(36)20-27(23)37/h5-16,20H,1-4,17-19,36-37H2/b16-9+. The molecule has 3 aromatic carbocycles. The van der Waals surface area contributed by atoms with Crippen molar-refractivity contribution in [3.8, 4) is 5.75 Å². The number of aryl methyl sites for hydroxylation is 1. The van der Waals surface area contributed by atoms with Crippen LogP contribution in [-0.2, 0) is 28.5 Å². The first-order valence-corrected chi connectivity index (χ1v) is 12.7. The second-order valence-electron chi connectivity index (χ2n) is 9.27. The Morgan fingerprint density at radius 2 is 1.52 bits per heavy atom. The van der Waals surface area contributed by atoms with Gasteiger partial charge in [-0.25, -0.2) is 4.79 Å². The number of nitrogens with two attached hydrogens (primary N) is 2. The van der Waals surface area contributed by atoms with Gasteiger partial charge in [-0.3, -0.25) is 0 Å². The average molecular weight is 563 g/mol. The van der Waals surface area contributed by atoms with Crippen LogP contribution in [0.3, 0.4) is 0 Å². The maximum absolute atomic E-state index is 14.7. The number of carbonyl (C=O) groups is 1. The lowest BCUT2D eigenvalue weighted by molar-refractivity contribution is -0.185. The van der Waals surface area contributed by atoms with E-state index < -0.39 is 24.7 Å². The molecule has 0 fully saturated rings. The third kappa shape index (κ3) is 10.2. The number of halogens is 5. The van der Waals surface area contributed by atoms with Crippen molar-refractivity contribution >= 4 is 23.4 Å². The maximum atomic E-state index is 14.7. The summed E-state index contributed by atoms with van der Waals surface area (Å²) < 4.78 is 76.0. The summed E-state index contributed by atoms with van der Waals surface area (Å²) in [6.07, 6.45) is -3.92. The first-order chi connectivity index (χ1) is 18.9. The molecule has 3 aromatic rings. The van der Waals surface area contributed by atoms with Crippen molar-refractivity contribution in [2.45, 2.75) is 50.8 Å². The van der Waals surface area contributed by atoms with Crippen LogP contribution in [0.1, 0.15) is 47.9 Å². The molecule has 3 rings (SSSR count). The van der Waals surface area contributed by atoms with Crippen molar-refractivity contribution in [3.63, 3.8) is 0 Å². The third-order valence-corrected chi connectivity index (χ3v) is 6.04. The molecular formula is C30H31F5N2O3. The van der Waals surface area contributed by atoms with E-state index in [0.717, 1.165) is 11.1 Å². The van der Waals surface area contributed by atoms with E-state index in [1.165, 1.54) is 60.7 Å². The highest BCUT2D eigenvalue weighted by Crippen LogP contribution is 2.32. The van der Waals surface area contributed by atoms with Gasteiger partial charge in [0.05, 0.1) is 12.2 Å². The zero-order valence-corrected chi connectivity index (χ0v) is 21.7. The second-order valence-corrected chi connectivity index (χ2v) is 9.27. The van der Waals surface area contributed by atoms with Gasteiger partial charge in [0.25, 0.3) is 0 Å². The smallest absolute Gasteiger partial charge is 0.426 e. The Morgan fingerprint density at radius 1 is 0.825 bits per heavy atom. The third-order valence-electron chi connectivity index (χ3n) is 6.04. The highest BCUT2D eigenvalue weighted by atomic mass is 19.4. The van der Waals surface area contributed by atoms with Gasteiger partial charge in [-0.2, -0.15) is 22.0 Å². The van der Waals surface area contributed by atoms with E-state index in [-0.39, 0.29) is 24.3 Å². The number of esters is 1. The zero-order valence-electron chi connectivity index (χ0n) is 21.7. The first-order valence-electron chi connectivity index (χ1n) is 12.7. The quantitative estimate of drug-likeness (QED) is 0.0743. The lowest BCUT2D eigenvalue weighted by Crippen LogP contribution is -2.21. The number of carbonyl (C=O) groups excluding carboxylic acids is 1. The van der Waals surface area contributed by atoms with Crippen LogP contribution in [-0.4, -0.2) is 18.8 Å². The Morgan fingerprint density at radius 3 is 2.17 bits per heavy atom. The molecule has 0 aliphatic carbocycles. The van der Waals surface area contributed by atoms with Gasteiger partial charge in [0.2, 0.25) is 0 Å². The number of alkyl halides is 5. The van der Waals surface area contributed by atoms with E-state index in [4.69, 9.17) is 20.9 Å². The number of rotatable bonds is 13. The maximum Gasteiger partial charge on any atom is 0.426 e. The van der Waals surface area contributed by atoms with E-state index in [0.29, 0.717) is 42.6 Å². The molecule has 0 amide bonds. The van der Waals surface area contributed by atoms with Crippen molar-refractivity contribution in [1.29, 1.82) is 0 Å². The summed E-state index contributed by atoms with van der Waals surface area (Å²) in [5.41, 5.74) is 14.4. The Bertz CT molecular complexity index is 1270. The minimum absolute atomic E-state index is 0.0490. The topological polar surface area (TPSA) is 87.6 Å². The predicted octanol–water partition coefficient (Wildman–Crippen LogP) is 7.44. The molecule has 0 bridgehead atoms. The van der Waals surface area contributed by atoms with Crippen molar-refractivity contribution in [3.05, 3.63) is 95.1 Å². The second kappa shape index (κ2) is 13.8. The normalized spacial score (nSPS) is 12.0. The molecule has 0 saturated carbocycles. The number of anilines is 2. The van der Waals surface area contributed by atoms with Crippen molar-refractivity contribution < 1.29 is 36.2 Å². The lowest BCUT2D eigenvalue weighted by atomic mass is 10.0. The molecule has 0 spiro atoms. The molecule has 10 heteroatoms. The Balaban J connectivity index is 1.44. The Hall–Kier alpha value is -4.08. The molecular weight excluding hydrogens is 531 g/mol. The van der Waals surface area contributed by atoms with E-state index in [2.05, 4.69) is 0 Å². The average Bonchev–Trinajstić information content (AvgIpc) is 2.89. The molecule has 0 aliphatic heterocycles. The molecule has 0 heterocycles. The Labute approximate surface area is 229 Å². The van der Waals surface area contributed by atoms with Crippen molar-refractivity contribution in [1.82, 2.24) is 0 Å². The molecule has 0 saturated heterocycles. The van der Waals surface area contributed by atoms with Crippen LogP contribution >= 0.6 is 0 Å². The van der Waals surface area contributed by atoms with Crippen LogP contribution in [0.15, 0.2) is 72.8 Å². The first kappa shape index (κ1) is 30.5. The summed E-state index contributed by atoms with van der Waals surface area (Å²) in [4.78, 5) is 12.0. The number of hydrogen-bond acceptors (Lipinski definition) is 5. The summed E-state index contributed by atoms with van der Waals surface area (Å²) in [5.74, 6) is -0.634. The number of nitrogen functional groups attached to an aromatic ring is 2. The van der Waals surface area contributed by atoms with Gasteiger partial charge in [0.1, 0.15) is 5.75 Å². The van der Waals surface area contributed by atoms with Crippen LogP contribution in [0.25, 0.3) is 6.08 Å². The molecule has 0 aromatic heterocycles. The van der Waals surface area contributed by atoms with E-state index in [1.54, 1.807) is 18.2 Å². The summed E-state index contributed by atoms with van der Waals surface area (Å²) in [6, 6.07) is 16.4. The van der Waals surface area contributed by atoms with E-state index >= 15 is 0 Å². The van der Waals surface area contributed by atoms with Gasteiger partial charge < -0.3 is 20.9 Å². The highest BCUT2D eigenvalue weighted by molar-refractivity contribution is 5.87. The van der Waals surface area contributed by atoms with Gasteiger partial charge in [-0.1, -0.05) is 36.8 Å². The van der Waals surface area contributed by atoms with Crippen LogP contribution in [0.4, 0.5) is 33.3 Å². The van der Waals surface area contributed by atoms with Gasteiger partial charge in [-0.15, -0.1) is 0 Å². The number of hydrogen-bond donors (Lipinski definition) is 2. The van der Waals surface area contributed by atoms with Gasteiger partial charge >= 0.3 is 18.3 Å². The zero-order chi connectivity index (χ0) is 29.2. The molecule has 0 aliphatic rings. The number of benzene rings is 3. The Kier molecular flexibility index (Phi) is 10.5. The fourth-order valence-corrected chi connectivity index (χ4v) is 3.87. The van der Waals surface area contributed by atoms with Crippen LogP contribution in [0.2, 0.25) is 0 Å². The van der Waals surface area contributed by atoms with Crippen LogP contribution in [0, 0.1) is 0 Å². The summed E-state index contributed by atoms with van der Waals surface area (Å²) in [5, 5.41) is 0. The van der Waals surface area contributed by atoms with Gasteiger partial charge in [-0.05, 0) is 78.4 Å². The van der Waals surface area contributed by atoms with Gasteiger partial charge in [0, 0.05) is 30.3 Å². The van der Waals surface area contributed by atoms with Crippen LogP contribution in [0.5, 0.6) is 5.75 Å². The summed E-state index contributed by atoms with van der Waals surface area (Å²) in [6.45, 7) is 0.127. The van der Waals surface area contributed by atoms with Crippen molar-refractivity contribution in [2.24, 2.45) is 0 Å². The highest BCUT2D eigenvalue weighted by Gasteiger charge is 2.34. The summed E-state index contributed by atoms with van der Waals surface area (Å²) in [7, 11) is 0. The molecule has 0 unspecified atom stereocenters. The molecule has 214 valence electrons. The fourth-order valence-electron chi connectivity index (χ4n) is 3.87. The molecule has 40 heavy (non-hydrogen) atoms. The minimum atomic E-state index is -4.16. The number of unbranched alkanes of at least 4 members (excludes halogenated alkanes) is 2. The van der Waals surface area contributed by atoms with Crippen molar-refractivity contribution in [2.75, 3.05) is 18.1 Å². The monoisotopic (exact) mass is 562 g/mol. The van der Waals surface area contributed by atoms with E-state index in [1.807, 2.05) is 0 Å². The predicted molar refractivity (Wildman–Crippen MR) is 145 cm³/mol. The fraction of sp³-hybridized carbons (Fsp3) is 0.300. The van der Waals surface area contributed by atoms with Crippen LogP contribution < -0.4 is 16.2 Å². The molecule has 4 N–H and O–H groups in total. The summed E-state index contributed by atoms with van der Waals surface area (Å²) >= 11 is 0. The lowest BCUT2D eigenvalue weighted by Gasteiger charge is -2.18. The molecule has 0 atom stereocenters. The minimum Gasteiger partial charge on any atom is -0.462 e. The molecule has 5 nitrogen and oxygen atoms in total. The SMILES string of the molecule is Nc1ccc(CCOC(=O)/C=C/c2ccc(OC(F)(F)c3ccc(CCCCCC(F)(F)F)cc3)cc2)c(N)c1. The molecule has 0 radical (unpaired) electrons. The largest absolute Gasteiger partial charge is 0.462 e. The van der Waals surface area contributed by atoms with E-state index in [9.17, 15) is 26.7 Å². The van der Waals surface area contributed by atoms with Gasteiger partial charge in [0.15, 0.2) is 0 Å². The number of ether oxygens (including phenoxy) is 2.